The normalized spacial score (nSPS) is 16.6. The summed E-state index contributed by atoms with van der Waals surface area (Å²) < 4.78 is 5.27. The van der Waals surface area contributed by atoms with Gasteiger partial charge in [0.05, 0.1) is 0 Å². The van der Waals surface area contributed by atoms with Gasteiger partial charge in [0.25, 0.3) is 0 Å². The number of aromatic amines is 1. The van der Waals surface area contributed by atoms with Gasteiger partial charge in [-0.15, -0.1) is 0 Å². The van der Waals surface area contributed by atoms with Crippen LogP contribution in [0.25, 0.3) is 0 Å². The summed E-state index contributed by atoms with van der Waals surface area (Å²) in [5.74, 6) is 0.414. The Balaban J connectivity index is 1.87. The van der Waals surface area contributed by atoms with Crippen LogP contribution in [0.4, 0.5) is 0 Å². The van der Waals surface area contributed by atoms with E-state index in [0.717, 1.165) is 17.0 Å². The van der Waals surface area contributed by atoms with Gasteiger partial charge in [0.1, 0.15) is 12.3 Å². The highest BCUT2D eigenvalue weighted by molar-refractivity contribution is 7.98. The molecule has 0 bridgehead atoms. The number of rotatable bonds is 5. The fourth-order valence-corrected chi connectivity index (χ4v) is 3.89. The predicted octanol–water partition coefficient (Wildman–Crippen LogP) is 4.41. The van der Waals surface area contributed by atoms with Crippen LogP contribution in [0.3, 0.4) is 0 Å². The predicted molar refractivity (Wildman–Crippen MR) is 101 cm³/mol. The molecular weight excluding hydrogens is 358 g/mol. The standard InChI is InChI=1S/C19H20ClNO3S/c1-11-17-15(21-18(11)19(23)24-7-8-25-2)9-12(10-16(17)22)13-5-3-4-6-14(13)20/h3-6,12,21H,7-10H2,1-2H3/t12-/m1/s1. The molecule has 1 aliphatic carbocycles. The van der Waals surface area contributed by atoms with Gasteiger partial charge in [-0.2, -0.15) is 11.8 Å². The first-order valence-corrected chi connectivity index (χ1v) is 9.95. The molecule has 0 aliphatic heterocycles. The van der Waals surface area contributed by atoms with Crippen LogP contribution in [0, 0.1) is 6.92 Å². The van der Waals surface area contributed by atoms with Gasteiger partial charge >= 0.3 is 5.97 Å². The molecule has 2 aromatic rings. The Labute approximate surface area is 156 Å². The van der Waals surface area contributed by atoms with Gasteiger partial charge in [-0.1, -0.05) is 29.8 Å². The maximum Gasteiger partial charge on any atom is 0.355 e. The first kappa shape index (κ1) is 18.1. The third-order valence-electron chi connectivity index (χ3n) is 4.56. The van der Waals surface area contributed by atoms with Crippen molar-refractivity contribution in [2.24, 2.45) is 0 Å². The van der Waals surface area contributed by atoms with Crippen LogP contribution in [-0.2, 0) is 11.2 Å². The third kappa shape index (κ3) is 3.62. The van der Waals surface area contributed by atoms with E-state index in [-0.39, 0.29) is 11.7 Å². The van der Waals surface area contributed by atoms with E-state index in [1.54, 1.807) is 18.7 Å². The van der Waals surface area contributed by atoms with Gasteiger partial charge in [0, 0.05) is 28.5 Å². The number of esters is 1. The Bertz CT molecular complexity index is 815. The van der Waals surface area contributed by atoms with Crippen LogP contribution in [-0.4, -0.2) is 35.4 Å². The first-order chi connectivity index (χ1) is 12.0. The number of Topliss-reactive ketones (excluding diaryl/α,β-unsaturated/α-hetero) is 1. The van der Waals surface area contributed by atoms with Crippen molar-refractivity contribution in [3.05, 3.63) is 57.4 Å². The second-order valence-electron chi connectivity index (χ2n) is 6.16. The monoisotopic (exact) mass is 377 g/mol. The molecule has 3 rings (SSSR count). The molecule has 25 heavy (non-hydrogen) atoms. The minimum atomic E-state index is -0.400. The number of ether oxygens (including phenoxy) is 1. The van der Waals surface area contributed by atoms with Crippen molar-refractivity contribution in [2.75, 3.05) is 18.6 Å². The number of benzene rings is 1. The summed E-state index contributed by atoms with van der Waals surface area (Å²) in [6.45, 7) is 2.16. The number of carbonyl (C=O) groups excluding carboxylic acids is 2. The van der Waals surface area contributed by atoms with Crippen LogP contribution in [0.5, 0.6) is 0 Å². The topological polar surface area (TPSA) is 59.2 Å². The third-order valence-corrected chi connectivity index (χ3v) is 5.48. The first-order valence-electron chi connectivity index (χ1n) is 8.18. The lowest BCUT2D eigenvalue weighted by atomic mass is 9.81. The Kier molecular flexibility index (Phi) is 5.54. The Morgan fingerprint density at radius 1 is 1.36 bits per heavy atom. The largest absolute Gasteiger partial charge is 0.460 e. The smallest absolute Gasteiger partial charge is 0.355 e. The van der Waals surface area contributed by atoms with E-state index in [2.05, 4.69) is 4.98 Å². The number of H-pyrrole nitrogens is 1. The molecule has 0 unspecified atom stereocenters. The fourth-order valence-electron chi connectivity index (χ4n) is 3.35. The summed E-state index contributed by atoms with van der Waals surface area (Å²) >= 11 is 7.91. The lowest BCUT2D eigenvalue weighted by molar-refractivity contribution is 0.0523. The Morgan fingerprint density at radius 3 is 2.84 bits per heavy atom. The average molecular weight is 378 g/mol. The average Bonchev–Trinajstić information content (AvgIpc) is 2.92. The molecule has 1 N–H and O–H groups in total. The zero-order valence-electron chi connectivity index (χ0n) is 14.2. The molecule has 0 radical (unpaired) electrons. The van der Waals surface area contributed by atoms with E-state index in [0.29, 0.717) is 41.3 Å². The van der Waals surface area contributed by atoms with E-state index < -0.39 is 5.97 Å². The molecule has 0 spiro atoms. The van der Waals surface area contributed by atoms with Crippen LogP contribution in [0.2, 0.25) is 5.02 Å². The van der Waals surface area contributed by atoms with Crippen molar-refractivity contribution in [2.45, 2.75) is 25.7 Å². The van der Waals surface area contributed by atoms with E-state index >= 15 is 0 Å². The minimum absolute atomic E-state index is 0.0205. The number of carbonyl (C=O) groups is 2. The molecule has 6 heteroatoms. The van der Waals surface area contributed by atoms with E-state index in [9.17, 15) is 9.59 Å². The summed E-state index contributed by atoms with van der Waals surface area (Å²) in [5.41, 5.74) is 3.49. The molecule has 132 valence electrons. The van der Waals surface area contributed by atoms with Crippen molar-refractivity contribution in [1.29, 1.82) is 0 Å². The summed E-state index contributed by atoms with van der Waals surface area (Å²) in [5, 5.41) is 0.670. The number of aromatic nitrogens is 1. The zero-order valence-corrected chi connectivity index (χ0v) is 15.8. The Hall–Kier alpha value is -1.72. The molecule has 0 saturated carbocycles. The van der Waals surface area contributed by atoms with Gasteiger partial charge in [0.2, 0.25) is 0 Å². The van der Waals surface area contributed by atoms with E-state index in [1.807, 2.05) is 30.5 Å². The van der Waals surface area contributed by atoms with Gasteiger partial charge in [-0.3, -0.25) is 4.79 Å². The lowest BCUT2D eigenvalue weighted by Crippen LogP contribution is -2.18. The molecule has 1 aliphatic rings. The molecular formula is C19H20ClNO3S. The van der Waals surface area contributed by atoms with Crippen molar-refractivity contribution >= 4 is 35.1 Å². The molecule has 1 aromatic carbocycles. The number of ketones is 1. The SMILES string of the molecule is CSCCOC(=O)c1[nH]c2c(c1C)C(=O)C[C@H](c1ccccc1Cl)C2. The second kappa shape index (κ2) is 7.67. The molecule has 0 saturated heterocycles. The Morgan fingerprint density at radius 2 is 2.12 bits per heavy atom. The highest BCUT2D eigenvalue weighted by Crippen LogP contribution is 2.37. The number of nitrogens with one attached hydrogen (secondary N) is 1. The molecule has 1 atom stereocenters. The number of halogens is 1. The van der Waals surface area contributed by atoms with Gasteiger partial charge in [0.15, 0.2) is 5.78 Å². The number of hydrogen-bond acceptors (Lipinski definition) is 4. The van der Waals surface area contributed by atoms with Crippen molar-refractivity contribution < 1.29 is 14.3 Å². The maximum atomic E-state index is 12.7. The van der Waals surface area contributed by atoms with Crippen LogP contribution in [0.15, 0.2) is 24.3 Å². The van der Waals surface area contributed by atoms with Gasteiger partial charge in [-0.05, 0) is 42.7 Å². The zero-order chi connectivity index (χ0) is 18.0. The van der Waals surface area contributed by atoms with Gasteiger partial charge < -0.3 is 9.72 Å². The van der Waals surface area contributed by atoms with Crippen molar-refractivity contribution in [3.63, 3.8) is 0 Å². The summed E-state index contributed by atoms with van der Waals surface area (Å²) in [6, 6.07) is 7.60. The number of thioether (sulfide) groups is 1. The second-order valence-corrected chi connectivity index (χ2v) is 7.55. The van der Waals surface area contributed by atoms with Crippen molar-refractivity contribution in [3.8, 4) is 0 Å². The summed E-state index contributed by atoms with van der Waals surface area (Å²) in [7, 11) is 0. The highest BCUT2D eigenvalue weighted by atomic mass is 35.5. The minimum Gasteiger partial charge on any atom is -0.460 e. The summed E-state index contributed by atoms with van der Waals surface area (Å²) in [4.78, 5) is 28.1. The number of hydrogen-bond donors (Lipinski definition) is 1. The van der Waals surface area contributed by atoms with Crippen LogP contribution < -0.4 is 0 Å². The van der Waals surface area contributed by atoms with Crippen LogP contribution >= 0.6 is 23.4 Å². The maximum absolute atomic E-state index is 12.7. The molecule has 1 heterocycles. The molecule has 0 fully saturated rings. The summed E-state index contributed by atoms with van der Waals surface area (Å²) in [6.07, 6.45) is 3.01. The molecule has 1 aromatic heterocycles. The molecule has 0 amide bonds. The molecule has 4 nitrogen and oxygen atoms in total. The lowest BCUT2D eigenvalue weighted by Gasteiger charge is -2.22. The van der Waals surface area contributed by atoms with E-state index in [1.165, 1.54) is 0 Å². The van der Waals surface area contributed by atoms with E-state index in [4.69, 9.17) is 16.3 Å². The van der Waals surface area contributed by atoms with Crippen LogP contribution in [0.1, 0.15) is 50.0 Å². The quantitative estimate of drug-likeness (QED) is 0.619. The van der Waals surface area contributed by atoms with Crippen molar-refractivity contribution in [1.82, 2.24) is 4.98 Å². The highest BCUT2D eigenvalue weighted by Gasteiger charge is 2.32. The number of fused-ring (bicyclic) bond motifs is 1. The van der Waals surface area contributed by atoms with Gasteiger partial charge in [-0.25, -0.2) is 4.79 Å². The fraction of sp³-hybridized carbons (Fsp3) is 0.368.